The van der Waals surface area contributed by atoms with Crippen molar-refractivity contribution < 1.29 is 22.3 Å². The first-order valence-electron chi connectivity index (χ1n) is 7.10. The van der Waals surface area contributed by atoms with Gasteiger partial charge in [-0.2, -0.15) is 0 Å². The summed E-state index contributed by atoms with van der Waals surface area (Å²) in [6, 6.07) is 5.92. The van der Waals surface area contributed by atoms with Gasteiger partial charge in [-0.25, -0.2) is 13.8 Å². The van der Waals surface area contributed by atoms with Gasteiger partial charge in [0.25, 0.3) is 0 Å². The van der Waals surface area contributed by atoms with Gasteiger partial charge in [0, 0.05) is 29.0 Å². The zero-order valence-corrected chi connectivity index (χ0v) is 14.7. The van der Waals surface area contributed by atoms with Crippen molar-refractivity contribution in [1.82, 2.24) is 0 Å². The zero-order valence-electron chi connectivity index (χ0n) is 13.1. The second kappa shape index (κ2) is 6.36. The summed E-state index contributed by atoms with van der Waals surface area (Å²) in [5, 5.41) is 0.114. The third-order valence-corrected chi connectivity index (χ3v) is 4.12. The molecule has 2 aromatic rings. The monoisotopic (exact) mass is 385 g/mol. The van der Waals surface area contributed by atoms with Crippen LogP contribution in [0.4, 0.5) is 14.5 Å². The average molecular weight is 386 g/mol. The number of fused-ring (bicyclic) bond motifs is 1. The van der Waals surface area contributed by atoms with E-state index in [1.54, 1.807) is 13.8 Å². The maximum Gasteiger partial charge on any atom is 0.195 e. The van der Waals surface area contributed by atoms with Gasteiger partial charge in [-0.3, -0.25) is 4.21 Å². The van der Waals surface area contributed by atoms with Crippen LogP contribution in [0.5, 0.6) is 5.75 Å². The largest absolute Gasteiger partial charge is 0.755 e. The maximum absolute atomic E-state index is 14.3. The maximum atomic E-state index is 14.3. The van der Waals surface area contributed by atoms with Crippen LogP contribution in [-0.2, 0) is 11.3 Å². The molecule has 0 fully saturated rings. The Kier molecular flexibility index (Phi) is 4.52. The predicted molar refractivity (Wildman–Crippen MR) is 90.7 cm³/mol. The van der Waals surface area contributed by atoms with Crippen LogP contribution in [0.1, 0.15) is 25.0 Å². The van der Waals surface area contributed by atoms with Crippen molar-refractivity contribution in [3.05, 3.63) is 58.1 Å². The van der Waals surface area contributed by atoms with Gasteiger partial charge in [0.2, 0.25) is 0 Å². The molecule has 0 saturated heterocycles. The van der Waals surface area contributed by atoms with Crippen LogP contribution >= 0.6 is 11.6 Å². The van der Waals surface area contributed by atoms with Crippen LogP contribution in [0, 0.1) is 11.6 Å². The Labute approximate surface area is 150 Å². The third-order valence-electron chi connectivity index (χ3n) is 3.42. The van der Waals surface area contributed by atoms with Gasteiger partial charge in [0.1, 0.15) is 17.4 Å². The summed E-state index contributed by atoms with van der Waals surface area (Å²) in [7, 11) is 0. The van der Waals surface area contributed by atoms with E-state index in [0.717, 1.165) is 12.1 Å². The van der Waals surface area contributed by atoms with E-state index in [4.69, 9.17) is 16.3 Å². The molecular formula is C16H12ClF2N2O3S-. The van der Waals surface area contributed by atoms with Crippen LogP contribution < -0.4 is 9.46 Å². The Bertz CT molecular complexity index is 918. The molecule has 0 aromatic heterocycles. The van der Waals surface area contributed by atoms with Gasteiger partial charge < -0.3 is 14.0 Å². The fourth-order valence-electron chi connectivity index (χ4n) is 2.54. The molecule has 0 spiro atoms. The SMILES string of the molecule is CC1(C)N=C(c2ccc(F)cc2F)c2c(Cl)cc(NS(=O)[O-])cc2O1. The lowest BCUT2D eigenvalue weighted by Gasteiger charge is -2.31. The molecule has 1 unspecified atom stereocenters. The Morgan fingerprint density at radius 1 is 1.28 bits per heavy atom. The summed E-state index contributed by atoms with van der Waals surface area (Å²) >= 11 is 3.71. The molecule has 0 radical (unpaired) electrons. The van der Waals surface area contributed by atoms with E-state index in [1.165, 1.54) is 18.2 Å². The minimum absolute atomic E-state index is 0.0639. The fourth-order valence-corrected chi connectivity index (χ4v) is 3.15. The van der Waals surface area contributed by atoms with Crippen molar-refractivity contribution in [2.75, 3.05) is 4.72 Å². The van der Waals surface area contributed by atoms with Gasteiger partial charge >= 0.3 is 0 Å². The Hall–Kier alpha value is -2.03. The van der Waals surface area contributed by atoms with Crippen molar-refractivity contribution in [1.29, 1.82) is 0 Å². The molecule has 0 bridgehead atoms. The fraction of sp³-hybridized carbons (Fsp3) is 0.188. The first-order valence-corrected chi connectivity index (χ1v) is 8.56. The molecule has 0 amide bonds. The van der Waals surface area contributed by atoms with Crippen LogP contribution in [0.25, 0.3) is 0 Å². The quantitative estimate of drug-likeness (QED) is 0.817. The number of hydrogen-bond donors (Lipinski definition) is 1. The molecule has 132 valence electrons. The van der Waals surface area contributed by atoms with Crippen molar-refractivity contribution in [3.8, 4) is 5.75 Å². The molecule has 1 N–H and O–H groups in total. The lowest BCUT2D eigenvalue weighted by molar-refractivity contribution is 0.115. The molecule has 1 atom stereocenters. The minimum Gasteiger partial charge on any atom is -0.755 e. The van der Waals surface area contributed by atoms with Crippen LogP contribution in [0.2, 0.25) is 5.02 Å². The summed E-state index contributed by atoms with van der Waals surface area (Å²) in [6.45, 7) is 3.30. The summed E-state index contributed by atoms with van der Waals surface area (Å²) in [4.78, 5) is 4.37. The number of benzene rings is 2. The normalized spacial score (nSPS) is 16.5. The van der Waals surface area contributed by atoms with Gasteiger partial charge in [0.15, 0.2) is 5.72 Å². The van der Waals surface area contributed by atoms with E-state index in [0.29, 0.717) is 5.56 Å². The molecule has 0 aliphatic carbocycles. The summed E-state index contributed by atoms with van der Waals surface area (Å²) in [5.41, 5.74) is -0.304. The van der Waals surface area contributed by atoms with Crippen molar-refractivity contribution in [3.63, 3.8) is 0 Å². The summed E-state index contributed by atoms with van der Waals surface area (Å²) < 4.78 is 57.1. The number of hydrogen-bond acceptors (Lipinski definition) is 4. The molecule has 5 nitrogen and oxygen atoms in total. The molecule has 3 rings (SSSR count). The van der Waals surface area contributed by atoms with E-state index < -0.39 is 28.6 Å². The topological polar surface area (TPSA) is 73.8 Å². The van der Waals surface area contributed by atoms with Crippen LogP contribution in [0.15, 0.2) is 35.3 Å². The Balaban J connectivity index is 2.21. The molecule has 0 saturated carbocycles. The predicted octanol–water partition coefficient (Wildman–Crippen LogP) is 3.79. The molecule has 1 aliphatic heterocycles. The summed E-state index contributed by atoms with van der Waals surface area (Å²) in [6.07, 6.45) is 0. The van der Waals surface area contributed by atoms with E-state index in [1.807, 2.05) is 0 Å². The van der Waals surface area contributed by atoms with Gasteiger partial charge in [-0.15, -0.1) is 0 Å². The molecular weight excluding hydrogens is 374 g/mol. The zero-order chi connectivity index (χ0) is 18.4. The number of nitrogens with zero attached hydrogens (tertiary/aromatic N) is 1. The lowest BCUT2D eigenvalue weighted by Crippen LogP contribution is -2.33. The number of halogens is 3. The number of ether oxygens (including phenoxy) is 1. The number of nitrogens with one attached hydrogen (secondary N) is 1. The Morgan fingerprint density at radius 2 is 2.00 bits per heavy atom. The standard InChI is InChI=1S/C16H13ClF2N2O3S/c1-16(2)20-15(10-4-3-8(18)5-12(10)19)14-11(17)6-9(21-25(22)23)7-13(14)24-16/h3-7,21H,1-2H3,(H,22,23)/p-1. The molecule has 2 aromatic carbocycles. The minimum atomic E-state index is -2.54. The number of aliphatic imine (C=N–C) groups is 1. The van der Waals surface area contributed by atoms with Gasteiger partial charge in [-0.1, -0.05) is 11.6 Å². The summed E-state index contributed by atoms with van der Waals surface area (Å²) in [5.74, 6) is -1.27. The Morgan fingerprint density at radius 3 is 2.64 bits per heavy atom. The van der Waals surface area contributed by atoms with Crippen molar-refractivity contribution >= 4 is 34.3 Å². The molecule has 25 heavy (non-hydrogen) atoms. The first kappa shape index (κ1) is 17.8. The number of rotatable bonds is 3. The van der Waals surface area contributed by atoms with E-state index >= 15 is 0 Å². The second-order valence-electron chi connectivity index (χ2n) is 5.80. The van der Waals surface area contributed by atoms with Crippen LogP contribution in [0.3, 0.4) is 0 Å². The first-order chi connectivity index (χ1) is 11.7. The van der Waals surface area contributed by atoms with Crippen molar-refractivity contribution in [2.45, 2.75) is 19.6 Å². The molecule has 1 aliphatic rings. The van der Waals surface area contributed by atoms with Crippen LogP contribution in [-0.4, -0.2) is 20.2 Å². The average Bonchev–Trinajstić information content (AvgIpc) is 2.43. The highest BCUT2D eigenvalue weighted by Crippen LogP contribution is 2.39. The molecule has 9 heteroatoms. The highest BCUT2D eigenvalue weighted by Gasteiger charge is 2.32. The number of anilines is 1. The van der Waals surface area contributed by atoms with Gasteiger partial charge in [-0.05, 0) is 32.0 Å². The van der Waals surface area contributed by atoms with E-state index in [9.17, 15) is 17.5 Å². The van der Waals surface area contributed by atoms with E-state index in [2.05, 4.69) is 9.71 Å². The van der Waals surface area contributed by atoms with Crippen molar-refractivity contribution in [2.24, 2.45) is 4.99 Å². The highest BCUT2D eigenvalue weighted by atomic mass is 35.5. The smallest absolute Gasteiger partial charge is 0.195 e. The molecule has 1 heterocycles. The lowest BCUT2D eigenvalue weighted by atomic mass is 9.98. The second-order valence-corrected chi connectivity index (χ2v) is 6.88. The third kappa shape index (κ3) is 3.65. The van der Waals surface area contributed by atoms with Gasteiger partial charge in [0.05, 0.1) is 22.0 Å². The van der Waals surface area contributed by atoms with E-state index in [-0.39, 0.29) is 27.7 Å². The highest BCUT2D eigenvalue weighted by molar-refractivity contribution is 7.80.